The Kier molecular flexibility index (Phi) is 4.36. The van der Waals surface area contributed by atoms with E-state index in [1.165, 1.54) is 0 Å². The highest BCUT2D eigenvalue weighted by atomic mass is 35.5. The lowest BCUT2D eigenvalue weighted by atomic mass is 9.92. The van der Waals surface area contributed by atoms with Crippen LogP contribution in [0.4, 0.5) is 0 Å². The summed E-state index contributed by atoms with van der Waals surface area (Å²) in [6.07, 6.45) is 3.42. The summed E-state index contributed by atoms with van der Waals surface area (Å²) in [6, 6.07) is 7.79. The van der Waals surface area contributed by atoms with Gasteiger partial charge in [-0.1, -0.05) is 11.6 Å². The summed E-state index contributed by atoms with van der Waals surface area (Å²) in [4.78, 5) is 23.6. The van der Waals surface area contributed by atoms with Gasteiger partial charge in [-0.3, -0.25) is 9.48 Å². The second-order valence-corrected chi connectivity index (χ2v) is 7.23. The first kappa shape index (κ1) is 17.0. The first-order valence-corrected chi connectivity index (χ1v) is 9.11. The topological polar surface area (TPSA) is 63.9 Å². The average Bonchev–Trinajstić information content (AvgIpc) is 2.99. The summed E-state index contributed by atoms with van der Waals surface area (Å²) in [5.74, 6) is 0.392. The predicted molar refractivity (Wildman–Crippen MR) is 100 cm³/mol. The van der Waals surface area contributed by atoms with Crippen molar-refractivity contribution in [2.75, 3.05) is 13.1 Å². The number of piperidine rings is 1. The van der Waals surface area contributed by atoms with Crippen LogP contribution in [0.5, 0.6) is 0 Å². The van der Waals surface area contributed by atoms with Gasteiger partial charge in [0.2, 0.25) is 0 Å². The molecule has 0 saturated carbocycles. The minimum Gasteiger partial charge on any atom is -0.337 e. The van der Waals surface area contributed by atoms with Gasteiger partial charge in [-0.2, -0.15) is 5.10 Å². The lowest BCUT2D eigenvalue weighted by Gasteiger charge is -2.31. The number of carbonyl (C=O) groups is 1. The summed E-state index contributed by atoms with van der Waals surface area (Å²) in [6.45, 7) is 3.35. The number of hydrogen-bond acceptors (Lipinski definition) is 4. The van der Waals surface area contributed by atoms with E-state index in [-0.39, 0.29) is 5.91 Å². The first-order chi connectivity index (χ1) is 12.5. The maximum absolute atomic E-state index is 12.7. The van der Waals surface area contributed by atoms with Crippen LogP contribution in [0, 0.1) is 6.92 Å². The fraction of sp³-hybridized carbons (Fsp3) is 0.368. The van der Waals surface area contributed by atoms with Gasteiger partial charge in [0, 0.05) is 43.3 Å². The molecule has 6 nitrogen and oxygen atoms in total. The van der Waals surface area contributed by atoms with E-state index in [0.717, 1.165) is 48.4 Å². The molecule has 4 rings (SSSR count). The van der Waals surface area contributed by atoms with Crippen LogP contribution in [0.15, 0.2) is 30.5 Å². The highest BCUT2D eigenvalue weighted by Crippen LogP contribution is 2.29. The van der Waals surface area contributed by atoms with E-state index in [9.17, 15) is 4.79 Å². The van der Waals surface area contributed by atoms with Gasteiger partial charge in [0.05, 0.1) is 10.7 Å². The molecule has 1 amide bonds. The Hall–Kier alpha value is -2.47. The van der Waals surface area contributed by atoms with E-state index in [1.807, 2.05) is 43.1 Å². The average molecular weight is 370 g/mol. The van der Waals surface area contributed by atoms with Crippen LogP contribution in [0.3, 0.4) is 0 Å². The molecule has 0 bridgehead atoms. The van der Waals surface area contributed by atoms with Gasteiger partial charge < -0.3 is 4.90 Å². The first-order valence-electron chi connectivity index (χ1n) is 8.73. The molecule has 1 fully saturated rings. The number of halogens is 1. The molecule has 0 aromatic carbocycles. The standard InChI is InChI=1S/C19H20ClN5O/c1-12-9-17(24(2)23-12)19(26)25-7-5-13(6-8-25)16-4-3-14-10-15(20)11-21-18(14)22-16/h3-4,9-11,13H,5-8H2,1-2H3. The monoisotopic (exact) mass is 369 g/mol. The fourth-order valence-electron chi connectivity index (χ4n) is 3.58. The summed E-state index contributed by atoms with van der Waals surface area (Å²) in [5, 5.41) is 5.83. The Bertz CT molecular complexity index is 975. The van der Waals surface area contributed by atoms with Crippen LogP contribution in [0.1, 0.15) is 40.6 Å². The Morgan fingerprint density at radius 3 is 2.69 bits per heavy atom. The number of hydrogen-bond donors (Lipinski definition) is 0. The number of pyridine rings is 2. The summed E-state index contributed by atoms with van der Waals surface area (Å²) < 4.78 is 1.66. The third-order valence-corrected chi connectivity index (χ3v) is 5.16. The van der Waals surface area contributed by atoms with E-state index in [1.54, 1.807) is 10.9 Å². The smallest absolute Gasteiger partial charge is 0.272 e. The molecule has 1 aliphatic rings. The van der Waals surface area contributed by atoms with Gasteiger partial charge >= 0.3 is 0 Å². The summed E-state index contributed by atoms with van der Waals surface area (Å²) >= 11 is 5.98. The quantitative estimate of drug-likeness (QED) is 0.695. The van der Waals surface area contributed by atoms with Crippen LogP contribution in [-0.2, 0) is 7.05 Å². The van der Waals surface area contributed by atoms with Gasteiger partial charge in [0.1, 0.15) is 5.69 Å². The Morgan fingerprint density at radius 2 is 2.00 bits per heavy atom. The molecular formula is C19H20ClN5O. The van der Waals surface area contributed by atoms with Gasteiger partial charge in [0.15, 0.2) is 5.65 Å². The molecule has 0 N–H and O–H groups in total. The number of aromatic nitrogens is 4. The molecule has 134 valence electrons. The van der Waals surface area contributed by atoms with E-state index in [2.05, 4.69) is 10.1 Å². The number of aryl methyl sites for hydroxylation is 2. The van der Waals surface area contributed by atoms with E-state index >= 15 is 0 Å². The van der Waals surface area contributed by atoms with Gasteiger partial charge in [-0.05, 0) is 44.0 Å². The third-order valence-electron chi connectivity index (χ3n) is 4.95. The van der Waals surface area contributed by atoms with Crippen molar-refractivity contribution in [1.29, 1.82) is 0 Å². The third kappa shape index (κ3) is 3.17. The van der Waals surface area contributed by atoms with Gasteiger partial charge in [-0.25, -0.2) is 9.97 Å². The normalized spacial score (nSPS) is 15.6. The SMILES string of the molecule is Cc1cc(C(=O)N2CCC(c3ccc4cc(Cl)cnc4n3)CC2)n(C)n1. The highest BCUT2D eigenvalue weighted by molar-refractivity contribution is 6.31. The van der Waals surface area contributed by atoms with E-state index in [4.69, 9.17) is 16.6 Å². The van der Waals surface area contributed by atoms with E-state index in [0.29, 0.717) is 16.6 Å². The number of amides is 1. The van der Waals surface area contributed by atoms with Gasteiger partial charge in [0.25, 0.3) is 5.91 Å². The minimum atomic E-state index is 0.0503. The van der Waals surface area contributed by atoms with Crippen molar-refractivity contribution in [3.63, 3.8) is 0 Å². The molecule has 0 atom stereocenters. The van der Waals surface area contributed by atoms with Crippen molar-refractivity contribution in [1.82, 2.24) is 24.6 Å². The summed E-state index contributed by atoms with van der Waals surface area (Å²) in [7, 11) is 1.81. The molecule has 7 heteroatoms. The largest absolute Gasteiger partial charge is 0.337 e. The Balaban J connectivity index is 1.47. The van der Waals surface area contributed by atoms with Crippen molar-refractivity contribution in [3.8, 4) is 0 Å². The van der Waals surface area contributed by atoms with Crippen LogP contribution in [0.25, 0.3) is 11.0 Å². The zero-order chi connectivity index (χ0) is 18.3. The molecule has 3 aromatic heterocycles. The van der Waals surface area contributed by atoms with E-state index < -0.39 is 0 Å². The van der Waals surface area contributed by atoms with Crippen molar-refractivity contribution >= 4 is 28.5 Å². The molecular weight excluding hydrogens is 350 g/mol. The van der Waals surface area contributed by atoms with Crippen molar-refractivity contribution in [2.45, 2.75) is 25.7 Å². The molecule has 0 unspecified atom stereocenters. The van der Waals surface area contributed by atoms with Crippen LogP contribution in [-0.4, -0.2) is 43.6 Å². The maximum Gasteiger partial charge on any atom is 0.272 e. The Labute approximate surface area is 156 Å². The van der Waals surface area contributed by atoms with Crippen LogP contribution in [0.2, 0.25) is 5.02 Å². The minimum absolute atomic E-state index is 0.0503. The second-order valence-electron chi connectivity index (χ2n) is 6.80. The van der Waals surface area contributed by atoms with Crippen molar-refractivity contribution in [3.05, 3.63) is 52.6 Å². The zero-order valence-electron chi connectivity index (χ0n) is 14.8. The molecule has 0 aliphatic carbocycles. The molecule has 1 saturated heterocycles. The molecule has 26 heavy (non-hydrogen) atoms. The predicted octanol–water partition coefficient (Wildman–Crippen LogP) is 3.34. The summed E-state index contributed by atoms with van der Waals surface area (Å²) in [5.41, 5.74) is 3.26. The van der Waals surface area contributed by atoms with Crippen LogP contribution < -0.4 is 0 Å². The number of nitrogens with zero attached hydrogens (tertiary/aromatic N) is 5. The molecule has 0 radical (unpaired) electrons. The molecule has 1 aliphatic heterocycles. The highest BCUT2D eigenvalue weighted by Gasteiger charge is 2.27. The van der Waals surface area contributed by atoms with Crippen molar-refractivity contribution in [2.24, 2.45) is 7.05 Å². The maximum atomic E-state index is 12.7. The molecule has 0 spiro atoms. The lowest BCUT2D eigenvalue weighted by Crippen LogP contribution is -2.38. The number of fused-ring (bicyclic) bond motifs is 1. The van der Waals surface area contributed by atoms with Crippen molar-refractivity contribution < 1.29 is 4.79 Å². The Morgan fingerprint density at radius 1 is 1.23 bits per heavy atom. The fourth-order valence-corrected chi connectivity index (χ4v) is 3.74. The molecule has 3 aromatic rings. The van der Waals surface area contributed by atoms with Gasteiger partial charge in [-0.15, -0.1) is 0 Å². The lowest BCUT2D eigenvalue weighted by molar-refractivity contribution is 0.0701. The van der Waals surface area contributed by atoms with Crippen LogP contribution >= 0.6 is 11.6 Å². The molecule has 4 heterocycles. The zero-order valence-corrected chi connectivity index (χ0v) is 15.6. The number of rotatable bonds is 2. The number of carbonyl (C=O) groups excluding carboxylic acids is 1. The second kappa shape index (κ2) is 6.68. The number of likely N-dealkylation sites (tertiary alicyclic amines) is 1.